The first-order chi connectivity index (χ1) is 7.11. The van der Waals surface area contributed by atoms with E-state index in [9.17, 15) is 9.59 Å². The Balaban J connectivity index is 3.58. The molecule has 15 heavy (non-hydrogen) atoms. The van der Waals surface area contributed by atoms with E-state index in [1.165, 1.54) is 0 Å². The highest BCUT2D eigenvalue weighted by Gasteiger charge is 2.10. The minimum Gasteiger partial charge on any atom is -0.466 e. The van der Waals surface area contributed by atoms with Crippen LogP contribution in [-0.4, -0.2) is 36.5 Å². The number of carbonyl (C=O) groups is 2. The molecule has 1 unspecified atom stereocenters. The first-order valence-electron chi connectivity index (χ1n) is 5.15. The molecule has 0 aromatic carbocycles. The van der Waals surface area contributed by atoms with Crippen molar-refractivity contribution in [3.63, 3.8) is 0 Å². The molecule has 1 atom stereocenters. The van der Waals surface area contributed by atoms with Gasteiger partial charge in [0.15, 0.2) is 0 Å². The van der Waals surface area contributed by atoms with Crippen LogP contribution in [0, 0.1) is 0 Å². The molecule has 0 radical (unpaired) electrons. The lowest BCUT2D eigenvalue weighted by atomic mass is 10.3. The van der Waals surface area contributed by atoms with Crippen molar-refractivity contribution in [1.82, 2.24) is 0 Å². The van der Waals surface area contributed by atoms with Crippen molar-refractivity contribution in [2.24, 2.45) is 0 Å². The van der Waals surface area contributed by atoms with Gasteiger partial charge in [-0.15, -0.1) is 0 Å². The van der Waals surface area contributed by atoms with Crippen molar-refractivity contribution >= 4 is 22.2 Å². The number of carbonyl (C=O) groups excluding carboxylic acids is 2. The SMILES string of the molecule is CCOC(=O)CCC[SH](C)C(=O)OCC. The Hall–Kier alpha value is -0.710. The van der Waals surface area contributed by atoms with E-state index in [1.54, 1.807) is 13.8 Å². The monoisotopic (exact) mass is 236 g/mol. The average molecular weight is 236 g/mol. The molecule has 0 spiro atoms. The predicted octanol–water partition coefficient (Wildman–Crippen LogP) is 2.12. The van der Waals surface area contributed by atoms with Gasteiger partial charge < -0.3 is 9.47 Å². The van der Waals surface area contributed by atoms with E-state index in [2.05, 4.69) is 0 Å². The zero-order valence-electron chi connectivity index (χ0n) is 9.62. The van der Waals surface area contributed by atoms with E-state index >= 15 is 0 Å². The number of thiol groups is 1. The van der Waals surface area contributed by atoms with Crippen LogP contribution in [0.4, 0.5) is 4.79 Å². The second-order valence-electron chi connectivity index (χ2n) is 3.03. The Morgan fingerprint density at radius 1 is 1.13 bits per heavy atom. The predicted molar refractivity (Wildman–Crippen MR) is 62.7 cm³/mol. The molecule has 4 nitrogen and oxygen atoms in total. The summed E-state index contributed by atoms with van der Waals surface area (Å²) >= 11 is 0. The highest BCUT2D eigenvalue weighted by Crippen LogP contribution is 2.24. The molecule has 0 amide bonds. The standard InChI is InChI=1S/C10H20O4S/c1-4-13-9(11)7-6-8-15(3)10(12)14-5-2/h15H,4-8H2,1-3H3. The molecule has 0 aliphatic rings. The summed E-state index contributed by atoms with van der Waals surface area (Å²) in [6, 6.07) is 0. The molecular formula is C10H20O4S. The van der Waals surface area contributed by atoms with Gasteiger partial charge >= 0.3 is 11.3 Å². The van der Waals surface area contributed by atoms with Crippen molar-refractivity contribution in [2.75, 3.05) is 25.2 Å². The van der Waals surface area contributed by atoms with Crippen LogP contribution in [0.3, 0.4) is 0 Å². The Morgan fingerprint density at radius 3 is 2.27 bits per heavy atom. The van der Waals surface area contributed by atoms with Crippen LogP contribution in [0.5, 0.6) is 0 Å². The summed E-state index contributed by atoms with van der Waals surface area (Å²) in [5.41, 5.74) is 0. The van der Waals surface area contributed by atoms with Crippen LogP contribution in [0.25, 0.3) is 0 Å². The summed E-state index contributed by atoms with van der Waals surface area (Å²) in [5, 5.41) is -0.128. The second-order valence-corrected chi connectivity index (χ2v) is 5.24. The maximum atomic E-state index is 11.2. The van der Waals surface area contributed by atoms with Gasteiger partial charge in [-0.25, -0.2) is 4.79 Å². The lowest BCUT2D eigenvalue weighted by Gasteiger charge is -2.13. The van der Waals surface area contributed by atoms with E-state index in [-0.39, 0.29) is 11.3 Å². The van der Waals surface area contributed by atoms with Gasteiger partial charge in [0.05, 0.1) is 13.2 Å². The minimum absolute atomic E-state index is 0.128. The molecule has 0 saturated carbocycles. The molecule has 0 N–H and O–H groups in total. The van der Waals surface area contributed by atoms with Crippen LogP contribution in [0.15, 0.2) is 0 Å². The van der Waals surface area contributed by atoms with Crippen LogP contribution >= 0.6 is 10.9 Å². The highest BCUT2D eigenvalue weighted by molar-refractivity contribution is 8.28. The third-order valence-corrected chi connectivity index (χ3v) is 3.50. The molecule has 0 saturated heterocycles. The largest absolute Gasteiger partial charge is 0.466 e. The lowest BCUT2D eigenvalue weighted by molar-refractivity contribution is -0.143. The lowest BCUT2D eigenvalue weighted by Crippen LogP contribution is -2.08. The zero-order valence-corrected chi connectivity index (χ0v) is 10.5. The number of hydrogen-bond acceptors (Lipinski definition) is 4. The summed E-state index contributed by atoms with van der Waals surface area (Å²) in [6.07, 6.45) is 2.96. The molecule has 0 aliphatic heterocycles. The topological polar surface area (TPSA) is 52.6 Å². The van der Waals surface area contributed by atoms with Gasteiger partial charge in [-0.2, -0.15) is 10.9 Å². The number of ether oxygens (including phenoxy) is 2. The smallest absolute Gasteiger partial charge is 0.346 e. The molecule has 0 bridgehead atoms. The minimum atomic E-state index is -0.756. The van der Waals surface area contributed by atoms with Crippen LogP contribution in [0.2, 0.25) is 0 Å². The van der Waals surface area contributed by atoms with Crippen LogP contribution in [0.1, 0.15) is 26.7 Å². The molecule has 0 fully saturated rings. The maximum absolute atomic E-state index is 11.2. The van der Waals surface area contributed by atoms with Crippen molar-refractivity contribution in [1.29, 1.82) is 0 Å². The fourth-order valence-electron chi connectivity index (χ4n) is 1.02. The fraction of sp³-hybridized carbons (Fsp3) is 0.800. The number of rotatable bonds is 6. The molecule has 0 heterocycles. The van der Waals surface area contributed by atoms with Crippen LogP contribution in [-0.2, 0) is 14.3 Å². The maximum Gasteiger partial charge on any atom is 0.346 e. The van der Waals surface area contributed by atoms with Gasteiger partial charge in [-0.3, -0.25) is 4.79 Å². The van der Waals surface area contributed by atoms with Crippen molar-refractivity contribution in [2.45, 2.75) is 26.7 Å². The number of hydrogen-bond donors (Lipinski definition) is 1. The Morgan fingerprint density at radius 2 is 1.73 bits per heavy atom. The van der Waals surface area contributed by atoms with Crippen molar-refractivity contribution in [3.05, 3.63) is 0 Å². The summed E-state index contributed by atoms with van der Waals surface area (Å²) in [7, 11) is -0.756. The molecule has 5 heteroatoms. The van der Waals surface area contributed by atoms with Gasteiger partial charge in [0.25, 0.3) is 0 Å². The third-order valence-electron chi connectivity index (χ3n) is 1.76. The highest BCUT2D eigenvalue weighted by atomic mass is 32.2. The second kappa shape index (κ2) is 8.59. The quantitative estimate of drug-likeness (QED) is 0.567. The molecular weight excluding hydrogens is 216 g/mol. The Kier molecular flexibility index (Phi) is 8.18. The first-order valence-corrected chi connectivity index (χ1v) is 7.12. The van der Waals surface area contributed by atoms with Gasteiger partial charge in [-0.1, -0.05) is 0 Å². The number of esters is 1. The van der Waals surface area contributed by atoms with E-state index < -0.39 is 10.9 Å². The Labute approximate surface area is 93.7 Å². The Bertz CT molecular complexity index is 206. The zero-order chi connectivity index (χ0) is 11.7. The van der Waals surface area contributed by atoms with Crippen LogP contribution < -0.4 is 0 Å². The average Bonchev–Trinajstić information content (AvgIpc) is 2.18. The molecule has 90 valence electrons. The van der Waals surface area contributed by atoms with E-state index in [4.69, 9.17) is 9.47 Å². The summed E-state index contributed by atoms with van der Waals surface area (Å²) < 4.78 is 9.67. The molecule has 0 aromatic heterocycles. The fourth-order valence-corrected chi connectivity index (χ4v) is 2.18. The summed E-state index contributed by atoms with van der Waals surface area (Å²) in [4.78, 5) is 22.2. The van der Waals surface area contributed by atoms with E-state index in [1.807, 2.05) is 6.26 Å². The molecule has 0 aliphatic carbocycles. The molecule has 0 rings (SSSR count). The van der Waals surface area contributed by atoms with Gasteiger partial charge in [0, 0.05) is 6.42 Å². The normalized spacial score (nSPS) is 13.1. The van der Waals surface area contributed by atoms with Gasteiger partial charge in [-0.05, 0) is 32.3 Å². The summed E-state index contributed by atoms with van der Waals surface area (Å²) in [5.74, 6) is 0.539. The van der Waals surface area contributed by atoms with Gasteiger partial charge in [0.1, 0.15) is 0 Å². The first kappa shape index (κ1) is 14.3. The summed E-state index contributed by atoms with van der Waals surface area (Å²) in [6.45, 7) is 4.41. The van der Waals surface area contributed by atoms with E-state index in [0.717, 1.165) is 5.75 Å². The third kappa shape index (κ3) is 7.25. The molecule has 0 aromatic rings. The van der Waals surface area contributed by atoms with E-state index in [0.29, 0.717) is 26.1 Å². The van der Waals surface area contributed by atoms with Crippen molar-refractivity contribution in [3.8, 4) is 0 Å². The van der Waals surface area contributed by atoms with Gasteiger partial charge in [0.2, 0.25) is 0 Å². The van der Waals surface area contributed by atoms with Crippen molar-refractivity contribution < 1.29 is 19.1 Å².